The molecule has 0 aromatic heterocycles. The second-order valence-electron chi connectivity index (χ2n) is 5.39. The fraction of sp³-hybridized carbons (Fsp3) is 0.600. The molecule has 0 aliphatic carbocycles. The lowest BCUT2D eigenvalue weighted by atomic mass is 10.1. The second kappa shape index (κ2) is 7.89. The van der Waals surface area contributed by atoms with E-state index in [1.165, 1.54) is 6.42 Å². The molecule has 1 saturated heterocycles. The highest BCUT2D eigenvalue weighted by Gasteiger charge is 2.19. The van der Waals surface area contributed by atoms with Crippen LogP contribution in [0.5, 0.6) is 0 Å². The summed E-state index contributed by atoms with van der Waals surface area (Å²) in [5.41, 5.74) is 1.15. The summed E-state index contributed by atoms with van der Waals surface area (Å²) in [5, 5.41) is 5.06. The first-order valence-electron chi connectivity index (χ1n) is 7.69. The van der Waals surface area contributed by atoms with Crippen molar-refractivity contribution in [1.82, 2.24) is 15.2 Å². The summed E-state index contributed by atoms with van der Waals surface area (Å²) in [7, 11) is -3.44. The highest BCUT2D eigenvalue weighted by molar-refractivity contribution is 7.89. The van der Waals surface area contributed by atoms with Gasteiger partial charge in [0, 0.05) is 13.1 Å². The number of nitrogens with zero attached hydrogens (tertiary/aromatic N) is 1. The smallest absolute Gasteiger partial charge is 0.253 e. The highest BCUT2D eigenvalue weighted by Crippen LogP contribution is 2.13. The Morgan fingerprint density at radius 2 is 1.76 bits per heavy atom. The van der Waals surface area contributed by atoms with Gasteiger partial charge in [0.05, 0.1) is 4.90 Å². The zero-order chi connectivity index (χ0) is 15.1. The van der Waals surface area contributed by atoms with Crippen molar-refractivity contribution in [2.75, 3.05) is 26.2 Å². The molecular formula is C15H25N3O2S. The number of hydrazine groups is 1. The van der Waals surface area contributed by atoms with Gasteiger partial charge in [0.1, 0.15) is 0 Å². The Morgan fingerprint density at radius 1 is 1.10 bits per heavy atom. The van der Waals surface area contributed by atoms with Gasteiger partial charge < -0.3 is 5.32 Å². The molecule has 0 saturated carbocycles. The van der Waals surface area contributed by atoms with Crippen LogP contribution in [0.25, 0.3) is 0 Å². The summed E-state index contributed by atoms with van der Waals surface area (Å²) in [5.74, 6) is 0. The van der Waals surface area contributed by atoms with Crippen LogP contribution >= 0.6 is 0 Å². The first-order chi connectivity index (χ1) is 10.1. The van der Waals surface area contributed by atoms with Gasteiger partial charge in [-0.15, -0.1) is 4.83 Å². The normalized spacial score (nSPS) is 17.0. The molecule has 0 unspecified atom stereocenters. The predicted octanol–water partition coefficient (Wildman–Crippen LogP) is 1.52. The zero-order valence-electron chi connectivity index (χ0n) is 12.6. The van der Waals surface area contributed by atoms with Crippen LogP contribution < -0.4 is 10.1 Å². The topological polar surface area (TPSA) is 61.4 Å². The van der Waals surface area contributed by atoms with E-state index in [0.29, 0.717) is 4.90 Å². The molecule has 1 aliphatic heterocycles. The quantitative estimate of drug-likeness (QED) is 0.750. The Labute approximate surface area is 127 Å². The van der Waals surface area contributed by atoms with E-state index < -0.39 is 10.0 Å². The molecule has 2 N–H and O–H groups in total. The Hall–Kier alpha value is -0.950. The molecule has 2 rings (SSSR count). The first kappa shape index (κ1) is 16.4. The van der Waals surface area contributed by atoms with Crippen molar-refractivity contribution in [1.29, 1.82) is 0 Å². The third-order valence-electron chi connectivity index (χ3n) is 3.68. The Kier molecular flexibility index (Phi) is 6.17. The van der Waals surface area contributed by atoms with Crippen LogP contribution in [-0.2, 0) is 16.4 Å². The Bertz CT molecular complexity index is 522. The first-order valence-corrected chi connectivity index (χ1v) is 9.17. The van der Waals surface area contributed by atoms with Gasteiger partial charge in [0.15, 0.2) is 0 Å². The molecule has 1 aromatic carbocycles. The number of sulfonamides is 1. The van der Waals surface area contributed by atoms with Gasteiger partial charge in [0.2, 0.25) is 0 Å². The Morgan fingerprint density at radius 3 is 2.38 bits per heavy atom. The summed E-state index contributed by atoms with van der Waals surface area (Å²) in [6.07, 6.45) is 4.18. The van der Waals surface area contributed by atoms with Crippen LogP contribution in [0.3, 0.4) is 0 Å². The van der Waals surface area contributed by atoms with E-state index in [4.69, 9.17) is 0 Å². The maximum absolute atomic E-state index is 12.3. The van der Waals surface area contributed by atoms with Gasteiger partial charge >= 0.3 is 0 Å². The molecule has 0 amide bonds. The molecule has 0 bridgehead atoms. The Balaban J connectivity index is 1.95. The number of piperidine rings is 1. The van der Waals surface area contributed by atoms with Crippen LogP contribution in [-0.4, -0.2) is 39.6 Å². The minimum Gasteiger partial charge on any atom is -0.317 e. The molecule has 0 spiro atoms. The average Bonchev–Trinajstić information content (AvgIpc) is 2.49. The van der Waals surface area contributed by atoms with Crippen molar-refractivity contribution in [3.63, 3.8) is 0 Å². The molecule has 5 nitrogen and oxygen atoms in total. The van der Waals surface area contributed by atoms with Crippen LogP contribution in [0.2, 0.25) is 0 Å². The van der Waals surface area contributed by atoms with Gasteiger partial charge in [-0.25, -0.2) is 13.4 Å². The lowest BCUT2D eigenvalue weighted by molar-refractivity contribution is 0.200. The molecular weight excluding hydrogens is 286 g/mol. The summed E-state index contributed by atoms with van der Waals surface area (Å²) >= 11 is 0. The minimum atomic E-state index is -3.44. The van der Waals surface area contributed by atoms with E-state index in [1.54, 1.807) is 17.1 Å². The molecule has 1 aromatic rings. The summed E-state index contributed by atoms with van der Waals surface area (Å²) in [6.45, 7) is 5.52. The van der Waals surface area contributed by atoms with Crippen molar-refractivity contribution in [2.24, 2.45) is 0 Å². The molecule has 1 fully saturated rings. The van der Waals surface area contributed by atoms with Crippen molar-refractivity contribution in [3.8, 4) is 0 Å². The molecule has 21 heavy (non-hydrogen) atoms. The number of hydrogen-bond acceptors (Lipinski definition) is 4. The molecule has 0 atom stereocenters. The van der Waals surface area contributed by atoms with Gasteiger partial charge in [-0.1, -0.05) is 25.5 Å². The summed E-state index contributed by atoms with van der Waals surface area (Å²) in [6, 6.07) is 7.16. The maximum Gasteiger partial charge on any atom is 0.253 e. The fourth-order valence-electron chi connectivity index (χ4n) is 2.45. The van der Waals surface area contributed by atoms with Gasteiger partial charge in [0.25, 0.3) is 10.0 Å². The van der Waals surface area contributed by atoms with Gasteiger partial charge in [-0.05, 0) is 50.0 Å². The highest BCUT2D eigenvalue weighted by atomic mass is 32.2. The third kappa shape index (κ3) is 5.07. The van der Waals surface area contributed by atoms with Crippen molar-refractivity contribution >= 4 is 10.0 Å². The SMILES string of the molecule is CCNCCc1ccc(S(=O)(=O)NN2CCCCC2)cc1. The van der Waals surface area contributed by atoms with E-state index in [2.05, 4.69) is 17.1 Å². The molecule has 6 heteroatoms. The number of hydrogen-bond donors (Lipinski definition) is 2. The number of likely N-dealkylation sites (N-methyl/N-ethyl adjacent to an activating group) is 1. The van der Waals surface area contributed by atoms with E-state index in [-0.39, 0.29) is 0 Å². The molecule has 0 radical (unpaired) electrons. The summed E-state index contributed by atoms with van der Waals surface area (Å²) in [4.78, 5) is 3.01. The molecule has 1 aliphatic rings. The zero-order valence-corrected chi connectivity index (χ0v) is 13.5. The number of nitrogens with one attached hydrogen (secondary N) is 2. The van der Waals surface area contributed by atoms with Crippen LogP contribution in [0, 0.1) is 0 Å². The van der Waals surface area contributed by atoms with Crippen molar-refractivity contribution in [2.45, 2.75) is 37.5 Å². The van der Waals surface area contributed by atoms with Crippen LogP contribution in [0.1, 0.15) is 31.7 Å². The third-order valence-corrected chi connectivity index (χ3v) is 5.07. The van der Waals surface area contributed by atoms with Crippen molar-refractivity contribution < 1.29 is 8.42 Å². The van der Waals surface area contributed by atoms with Crippen LogP contribution in [0.15, 0.2) is 29.2 Å². The van der Waals surface area contributed by atoms with Crippen LogP contribution in [0.4, 0.5) is 0 Å². The monoisotopic (exact) mass is 311 g/mol. The van der Waals surface area contributed by atoms with E-state index in [9.17, 15) is 8.42 Å². The van der Waals surface area contributed by atoms with E-state index >= 15 is 0 Å². The average molecular weight is 311 g/mol. The maximum atomic E-state index is 12.3. The van der Waals surface area contributed by atoms with Gasteiger partial charge in [-0.3, -0.25) is 0 Å². The lowest BCUT2D eigenvalue weighted by Crippen LogP contribution is -2.44. The second-order valence-corrected chi connectivity index (χ2v) is 7.05. The number of rotatable bonds is 7. The summed E-state index contributed by atoms with van der Waals surface area (Å²) < 4.78 is 24.6. The number of benzene rings is 1. The van der Waals surface area contributed by atoms with Crippen molar-refractivity contribution in [3.05, 3.63) is 29.8 Å². The van der Waals surface area contributed by atoms with E-state index in [1.807, 2.05) is 12.1 Å². The fourth-order valence-corrected chi connectivity index (χ4v) is 3.57. The van der Waals surface area contributed by atoms with E-state index in [0.717, 1.165) is 51.0 Å². The minimum absolute atomic E-state index is 0.334. The van der Waals surface area contributed by atoms with Gasteiger partial charge in [-0.2, -0.15) is 0 Å². The molecule has 1 heterocycles. The molecule has 118 valence electrons. The predicted molar refractivity (Wildman–Crippen MR) is 84.4 cm³/mol. The lowest BCUT2D eigenvalue weighted by Gasteiger charge is -2.26. The standard InChI is InChI=1S/C15H25N3O2S/c1-2-16-11-10-14-6-8-15(9-7-14)21(19,20)17-18-12-4-3-5-13-18/h6-9,16-17H,2-5,10-13H2,1H3. The largest absolute Gasteiger partial charge is 0.317 e.